The molecule has 0 fully saturated rings. The molecular weight excluding hydrogens is 256 g/mol. The lowest BCUT2D eigenvalue weighted by molar-refractivity contribution is -0.189. The molecule has 0 aliphatic carbocycles. The minimum atomic E-state index is -5.05. The van der Waals surface area contributed by atoms with Crippen molar-refractivity contribution in [2.45, 2.75) is 6.18 Å². The highest BCUT2D eigenvalue weighted by molar-refractivity contribution is 6.34. The first kappa shape index (κ1) is 12.1. The van der Waals surface area contributed by atoms with Gasteiger partial charge >= 0.3 is 12.1 Å². The van der Waals surface area contributed by atoms with Crippen molar-refractivity contribution in [3.05, 3.63) is 28.2 Å². The van der Waals surface area contributed by atoms with Gasteiger partial charge in [-0.25, -0.2) is 4.79 Å². The van der Waals surface area contributed by atoms with Crippen LogP contribution in [0.5, 0.6) is 5.75 Å². The van der Waals surface area contributed by atoms with E-state index in [9.17, 15) is 18.0 Å². The number of hydrogen-bond donors (Lipinski definition) is 0. The van der Waals surface area contributed by atoms with E-state index in [1.54, 1.807) is 0 Å². The molecular formula is C8H3Cl2F3O2. The first-order valence-electron chi connectivity index (χ1n) is 3.54. The SMILES string of the molecule is O=C(Oc1cc(Cl)cc(Cl)c1)C(F)(F)F. The van der Waals surface area contributed by atoms with Crippen LogP contribution in [0.4, 0.5) is 13.2 Å². The molecule has 0 atom stereocenters. The summed E-state index contributed by atoms with van der Waals surface area (Å²) in [5.41, 5.74) is 0. The average Bonchev–Trinajstić information content (AvgIpc) is 1.99. The Morgan fingerprint density at radius 2 is 1.60 bits per heavy atom. The van der Waals surface area contributed by atoms with Gasteiger partial charge in [0.1, 0.15) is 5.75 Å². The predicted molar refractivity (Wildman–Crippen MR) is 48.2 cm³/mol. The van der Waals surface area contributed by atoms with Crippen molar-refractivity contribution in [1.29, 1.82) is 0 Å². The van der Waals surface area contributed by atoms with Crippen LogP contribution in [0.25, 0.3) is 0 Å². The van der Waals surface area contributed by atoms with Gasteiger partial charge < -0.3 is 4.74 Å². The minimum absolute atomic E-state index is 0.0764. The summed E-state index contributed by atoms with van der Waals surface area (Å²) in [7, 11) is 0. The predicted octanol–water partition coefficient (Wildman–Crippen LogP) is 3.46. The van der Waals surface area contributed by atoms with E-state index in [-0.39, 0.29) is 15.8 Å². The third-order valence-electron chi connectivity index (χ3n) is 1.28. The molecule has 1 rings (SSSR count). The third-order valence-corrected chi connectivity index (χ3v) is 1.71. The van der Waals surface area contributed by atoms with Gasteiger partial charge in [0.2, 0.25) is 0 Å². The van der Waals surface area contributed by atoms with Crippen molar-refractivity contribution in [3.63, 3.8) is 0 Å². The number of benzene rings is 1. The number of alkyl halides is 3. The number of rotatable bonds is 1. The Morgan fingerprint density at radius 1 is 1.13 bits per heavy atom. The van der Waals surface area contributed by atoms with E-state index in [2.05, 4.69) is 4.74 Å². The van der Waals surface area contributed by atoms with Gasteiger partial charge in [0.25, 0.3) is 0 Å². The number of carbonyl (C=O) groups excluding carboxylic acids is 1. The fraction of sp³-hybridized carbons (Fsp3) is 0.125. The summed E-state index contributed by atoms with van der Waals surface area (Å²) < 4.78 is 39.4. The smallest absolute Gasteiger partial charge is 0.420 e. The van der Waals surface area contributed by atoms with Crippen molar-refractivity contribution in [3.8, 4) is 5.75 Å². The van der Waals surface area contributed by atoms with Crippen LogP contribution >= 0.6 is 23.2 Å². The van der Waals surface area contributed by atoms with E-state index in [4.69, 9.17) is 23.2 Å². The molecule has 0 bridgehead atoms. The molecule has 0 aromatic heterocycles. The maximum Gasteiger partial charge on any atom is 0.491 e. The Bertz CT molecular complexity index is 370. The zero-order valence-corrected chi connectivity index (χ0v) is 8.45. The fourth-order valence-corrected chi connectivity index (χ4v) is 1.26. The van der Waals surface area contributed by atoms with Crippen LogP contribution < -0.4 is 4.74 Å². The zero-order valence-electron chi connectivity index (χ0n) is 6.94. The van der Waals surface area contributed by atoms with Crippen LogP contribution in [-0.4, -0.2) is 12.1 Å². The van der Waals surface area contributed by atoms with Gasteiger partial charge in [-0.1, -0.05) is 23.2 Å². The molecule has 2 nitrogen and oxygen atoms in total. The highest BCUT2D eigenvalue weighted by atomic mass is 35.5. The molecule has 0 saturated heterocycles. The number of hydrogen-bond acceptors (Lipinski definition) is 2. The summed E-state index contributed by atoms with van der Waals surface area (Å²) in [5.74, 6) is -2.67. The highest BCUT2D eigenvalue weighted by Crippen LogP contribution is 2.26. The quantitative estimate of drug-likeness (QED) is 0.570. The number of esters is 1. The second kappa shape index (κ2) is 4.28. The number of ether oxygens (including phenoxy) is 1. The van der Waals surface area contributed by atoms with E-state index >= 15 is 0 Å². The van der Waals surface area contributed by atoms with E-state index in [0.717, 1.165) is 12.1 Å². The fourth-order valence-electron chi connectivity index (χ4n) is 0.752. The Hall–Kier alpha value is -0.940. The van der Waals surface area contributed by atoms with Crippen LogP contribution in [0.2, 0.25) is 10.0 Å². The topological polar surface area (TPSA) is 26.3 Å². The summed E-state index contributed by atoms with van der Waals surface area (Å²) in [6, 6.07) is 3.40. The Morgan fingerprint density at radius 3 is 2.00 bits per heavy atom. The molecule has 0 spiro atoms. The summed E-state index contributed by atoms with van der Waals surface area (Å²) in [4.78, 5) is 10.4. The molecule has 0 amide bonds. The van der Waals surface area contributed by atoms with Crippen LogP contribution in [0.3, 0.4) is 0 Å². The molecule has 82 valence electrons. The summed E-state index contributed by atoms with van der Waals surface area (Å²) in [5, 5.41) is 0.153. The molecule has 0 saturated carbocycles. The second-order valence-corrected chi connectivity index (χ2v) is 3.37. The lowest BCUT2D eigenvalue weighted by Gasteiger charge is -2.07. The summed E-state index contributed by atoms with van der Waals surface area (Å²) >= 11 is 11.0. The molecule has 1 aromatic rings. The van der Waals surface area contributed by atoms with Crippen LogP contribution in [0, 0.1) is 0 Å². The monoisotopic (exact) mass is 258 g/mol. The molecule has 0 N–H and O–H groups in total. The Balaban J connectivity index is 2.86. The molecule has 15 heavy (non-hydrogen) atoms. The Labute approximate surface area is 92.5 Å². The summed E-state index contributed by atoms with van der Waals surface area (Å²) in [6.07, 6.45) is -5.05. The maximum atomic E-state index is 11.8. The molecule has 0 aliphatic rings. The number of carbonyl (C=O) groups is 1. The highest BCUT2D eigenvalue weighted by Gasteiger charge is 2.41. The van der Waals surface area contributed by atoms with E-state index in [0.29, 0.717) is 0 Å². The lowest BCUT2D eigenvalue weighted by Crippen LogP contribution is -2.27. The normalized spacial score (nSPS) is 11.3. The van der Waals surface area contributed by atoms with Gasteiger partial charge in [-0.2, -0.15) is 13.2 Å². The van der Waals surface area contributed by atoms with Gasteiger partial charge in [-0.3, -0.25) is 0 Å². The van der Waals surface area contributed by atoms with Crippen LogP contribution in [-0.2, 0) is 4.79 Å². The largest absolute Gasteiger partial charge is 0.491 e. The maximum absolute atomic E-state index is 11.8. The number of halogens is 5. The van der Waals surface area contributed by atoms with Gasteiger partial charge in [-0.05, 0) is 18.2 Å². The first-order chi connectivity index (χ1) is 6.79. The van der Waals surface area contributed by atoms with Gasteiger partial charge in [0, 0.05) is 10.0 Å². The minimum Gasteiger partial charge on any atom is -0.420 e. The van der Waals surface area contributed by atoms with Gasteiger partial charge in [0.15, 0.2) is 0 Å². The van der Waals surface area contributed by atoms with Crippen molar-refractivity contribution in [2.24, 2.45) is 0 Å². The molecule has 0 aliphatic heterocycles. The lowest BCUT2D eigenvalue weighted by atomic mass is 10.3. The van der Waals surface area contributed by atoms with Crippen molar-refractivity contribution in [2.75, 3.05) is 0 Å². The van der Waals surface area contributed by atoms with Crippen molar-refractivity contribution < 1.29 is 22.7 Å². The Kier molecular flexibility index (Phi) is 3.46. The average molecular weight is 259 g/mol. The molecule has 0 heterocycles. The van der Waals surface area contributed by atoms with Gasteiger partial charge in [-0.15, -0.1) is 0 Å². The second-order valence-electron chi connectivity index (χ2n) is 2.49. The van der Waals surface area contributed by atoms with Crippen molar-refractivity contribution >= 4 is 29.2 Å². The summed E-state index contributed by atoms with van der Waals surface area (Å²) in [6.45, 7) is 0. The third kappa shape index (κ3) is 3.60. The van der Waals surface area contributed by atoms with E-state index in [1.165, 1.54) is 6.07 Å². The van der Waals surface area contributed by atoms with E-state index in [1.807, 2.05) is 0 Å². The van der Waals surface area contributed by atoms with Crippen LogP contribution in [0.15, 0.2) is 18.2 Å². The molecule has 1 aromatic carbocycles. The standard InChI is InChI=1S/C8H3Cl2F3O2/c9-4-1-5(10)3-6(2-4)15-7(14)8(11,12)13/h1-3H. The first-order valence-corrected chi connectivity index (χ1v) is 4.30. The van der Waals surface area contributed by atoms with Gasteiger partial charge in [0.05, 0.1) is 0 Å². The van der Waals surface area contributed by atoms with E-state index < -0.39 is 12.1 Å². The zero-order chi connectivity index (χ0) is 11.6. The van der Waals surface area contributed by atoms with Crippen LogP contribution in [0.1, 0.15) is 0 Å². The molecule has 0 radical (unpaired) electrons. The molecule has 7 heteroatoms. The van der Waals surface area contributed by atoms with Crippen molar-refractivity contribution in [1.82, 2.24) is 0 Å². The molecule has 0 unspecified atom stereocenters.